The number of hydrogen-bond donors (Lipinski definition) is 0. The van der Waals surface area contributed by atoms with Crippen LogP contribution in [0.4, 0.5) is 0 Å². The monoisotopic (exact) mass is 281 g/mol. The van der Waals surface area contributed by atoms with Crippen molar-refractivity contribution >= 4 is 11.9 Å². The smallest absolute Gasteiger partial charge is 0.339 e. The summed E-state index contributed by atoms with van der Waals surface area (Å²) in [5, 5.41) is 0. The summed E-state index contributed by atoms with van der Waals surface area (Å²) in [6, 6.07) is 4.70. The van der Waals surface area contributed by atoms with Crippen LogP contribution >= 0.6 is 0 Å². The zero-order chi connectivity index (χ0) is 15.3. The zero-order valence-electron chi connectivity index (χ0n) is 12.3. The number of esters is 1. The van der Waals surface area contributed by atoms with Gasteiger partial charge in [-0.1, -0.05) is 0 Å². The van der Waals surface area contributed by atoms with E-state index in [1.165, 1.54) is 38.2 Å². The van der Waals surface area contributed by atoms with Gasteiger partial charge in [0.25, 0.3) is 5.91 Å². The number of methoxy groups -OCH3 is 2. The van der Waals surface area contributed by atoms with Gasteiger partial charge < -0.3 is 19.1 Å². The Hall–Kier alpha value is -2.24. The lowest BCUT2D eigenvalue weighted by Gasteiger charge is -2.17. The molecule has 1 amide bonds. The summed E-state index contributed by atoms with van der Waals surface area (Å²) in [5.41, 5.74) is 0.264. The number of ether oxygens (including phenoxy) is 3. The maximum atomic E-state index is 12.0. The summed E-state index contributed by atoms with van der Waals surface area (Å²) in [7, 11) is 6.17. The lowest BCUT2D eigenvalue weighted by atomic mass is 10.2. The highest BCUT2D eigenvalue weighted by atomic mass is 16.5. The van der Waals surface area contributed by atoms with Gasteiger partial charge in [-0.2, -0.15) is 0 Å². The van der Waals surface area contributed by atoms with Crippen molar-refractivity contribution in [2.24, 2.45) is 0 Å². The van der Waals surface area contributed by atoms with Crippen LogP contribution in [0.1, 0.15) is 17.3 Å². The molecule has 0 saturated heterocycles. The van der Waals surface area contributed by atoms with Gasteiger partial charge in [0.05, 0.1) is 19.8 Å². The van der Waals surface area contributed by atoms with Crippen LogP contribution in [0, 0.1) is 0 Å². The molecule has 20 heavy (non-hydrogen) atoms. The maximum Gasteiger partial charge on any atom is 0.339 e. The Balaban J connectivity index is 2.89. The number of nitrogens with zero attached hydrogens (tertiary/aromatic N) is 1. The standard InChI is InChI=1S/C14H19NO5/c1-9(13(16)15(2)3)20-14(17)10-6-11(18-4)8-12(7-10)19-5/h6-9H,1-5H3/t9-/m1/s1. The van der Waals surface area contributed by atoms with Gasteiger partial charge in [0, 0.05) is 20.2 Å². The number of amides is 1. The molecule has 0 fully saturated rings. The van der Waals surface area contributed by atoms with Gasteiger partial charge in [-0.25, -0.2) is 4.79 Å². The molecule has 0 aromatic heterocycles. The summed E-state index contributed by atoms with van der Waals surface area (Å²) < 4.78 is 15.3. The number of likely N-dealkylation sites (N-methyl/N-ethyl adjacent to an activating group) is 1. The van der Waals surface area contributed by atoms with Gasteiger partial charge in [-0.05, 0) is 19.1 Å². The van der Waals surface area contributed by atoms with Gasteiger partial charge in [-0.3, -0.25) is 4.79 Å². The second-order valence-corrected chi connectivity index (χ2v) is 4.38. The number of hydrogen-bond acceptors (Lipinski definition) is 5. The molecular weight excluding hydrogens is 262 g/mol. The number of carbonyl (C=O) groups excluding carboxylic acids is 2. The minimum Gasteiger partial charge on any atom is -0.497 e. The third-order valence-corrected chi connectivity index (χ3v) is 2.66. The molecular formula is C14H19NO5. The minimum atomic E-state index is -0.852. The van der Waals surface area contributed by atoms with Crippen molar-refractivity contribution in [2.75, 3.05) is 28.3 Å². The largest absolute Gasteiger partial charge is 0.497 e. The van der Waals surface area contributed by atoms with E-state index in [1.807, 2.05) is 0 Å². The van der Waals surface area contributed by atoms with E-state index in [4.69, 9.17) is 14.2 Å². The van der Waals surface area contributed by atoms with Crippen molar-refractivity contribution in [3.63, 3.8) is 0 Å². The number of rotatable bonds is 5. The van der Waals surface area contributed by atoms with Crippen LogP contribution in [0.2, 0.25) is 0 Å². The summed E-state index contributed by atoms with van der Waals surface area (Å²) in [6.07, 6.45) is -0.852. The summed E-state index contributed by atoms with van der Waals surface area (Å²) >= 11 is 0. The highest BCUT2D eigenvalue weighted by Crippen LogP contribution is 2.23. The highest BCUT2D eigenvalue weighted by molar-refractivity contribution is 5.93. The van der Waals surface area contributed by atoms with E-state index in [1.54, 1.807) is 20.2 Å². The molecule has 6 heteroatoms. The predicted molar refractivity (Wildman–Crippen MR) is 73.1 cm³/mol. The lowest BCUT2D eigenvalue weighted by molar-refractivity contribution is -0.137. The molecule has 0 bridgehead atoms. The van der Waals surface area contributed by atoms with Crippen LogP contribution in [-0.4, -0.2) is 51.2 Å². The Morgan fingerprint density at radius 2 is 1.55 bits per heavy atom. The molecule has 1 aromatic rings. The SMILES string of the molecule is COc1cc(OC)cc(C(=O)O[C@H](C)C(=O)N(C)C)c1. The van der Waals surface area contributed by atoms with E-state index < -0.39 is 12.1 Å². The molecule has 0 aliphatic rings. The van der Waals surface area contributed by atoms with Gasteiger partial charge in [0.15, 0.2) is 6.10 Å². The predicted octanol–water partition coefficient (Wildman–Crippen LogP) is 1.34. The molecule has 0 spiro atoms. The fourth-order valence-electron chi connectivity index (χ4n) is 1.57. The minimum absolute atomic E-state index is 0.264. The van der Waals surface area contributed by atoms with Gasteiger partial charge in [-0.15, -0.1) is 0 Å². The molecule has 0 aliphatic carbocycles. The van der Waals surface area contributed by atoms with Crippen molar-refractivity contribution in [1.82, 2.24) is 4.90 Å². The van der Waals surface area contributed by atoms with Gasteiger partial charge in [0.2, 0.25) is 0 Å². The molecule has 0 saturated carbocycles. The van der Waals surface area contributed by atoms with Crippen LogP contribution < -0.4 is 9.47 Å². The molecule has 0 N–H and O–H groups in total. The van der Waals surface area contributed by atoms with E-state index in [0.717, 1.165) is 0 Å². The zero-order valence-corrected chi connectivity index (χ0v) is 12.3. The average Bonchev–Trinajstić information content (AvgIpc) is 2.45. The lowest BCUT2D eigenvalue weighted by Crippen LogP contribution is -2.34. The average molecular weight is 281 g/mol. The van der Waals surface area contributed by atoms with E-state index >= 15 is 0 Å². The fraction of sp³-hybridized carbons (Fsp3) is 0.429. The van der Waals surface area contributed by atoms with Crippen LogP contribution in [0.15, 0.2) is 18.2 Å². The molecule has 1 rings (SSSR count). The van der Waals surface area contributed by atoms with E-state index in [0.29, 0.717) is 11.5 Å². The Morgan fingerprint density at radius 1 is 1.05 bits per heavy atom. The first-order chi connectivity index (χ1) is 9.38. The Labute approximate surface area is 118 Å². The third kappa shape index (κ3) is 3.88. The van der Waals surface area contributed by atoms with Crippen LogP contribution in [0.25, 0.3) is 0 Å². The quantitative estimate of drug-likeness (QED) is 0.762. The highest BCUT2D eigenvalue weighted by Gasteiger charge is 2.21. The maximum absolute atomic E-state index is 12.0. The first kappa shape index (κ1) is 15.8. The van der Waals surface area contributed by atoms with Crippen LogP contribution in [-0.2, 0) is 9.53 Å². The first-order valence-electron chi connectivity index (χ1n) is 6.04. The van der Waals surface area contributed by atoms with Gasteiger partial charge in [0.1, 0.15) is 11.5 Å². The number of carbonyl (C=O) groups is 2. The normalized spacial score (nSPS) is 11.4. The molecule has 1 aromatic carbocycles. The van der Waals surface area contributed by atoms with Gasteiger partial charge >= 0.3 is 5.97 Å². The molecule has 0 unspecified atom stereocenters. The van der Waals surface area contributed by atoms with Crippen molar-refractivity contribution < 1.29 is 23.8 Å². The Kier molecular flexibility index (Phi) is 5.37. The van der Waals surface area contributed by atoms with Crippen molar-refractivity contribution in [1.29, 1.82) is 0 Å². The molecule has 1 atom stereocenters. The molecule has 0 heterocycles. The van der Waals surface area contributed by atoms with E-state index in [-0.39, 0.29) is 11.5 Å². The second-order valence-electron chi connectivity index (χ2n) is 4.38. The third-order valence-electron chi connectivity index (χ3n) is 2.66. The van der Waals surface area contributed by atoms with Crippen molar-refractivity contribution in [3.05, 3.63) is 23.8 Å². The first-order valence-corrected chi connectivity index (χ1v) is 6.04. The van der Waals surface area contributed by atoms with Crippen molar-refractivity contribution in [3.8, 4) is 11.5 Å². The molecule has 0 aliphatic heterocycles. The number of benzene rings is 1. The molecule has 0 radical (unpaired) electrons. The van der Waals surface area contributed by atoms with E-state index in [9.17, 15) is 9.59 Å². The fourth-order valence-corrected chi connectivity index (χ4v) is 1.57. The summed E-state index contributed by atoms with van der Waals surface area (Å²) in [6.45, 7) is 1.53. The Bertz CT molecular complexity index is 476. The molecule has 6 nitrogen and oxygen atoms in total. The molecule has 110 valence electrons. The summed E-state index contributed by atoms with van der Waals surface area (Å²) in [5.74, 6) is 0.0592. The topological polar surface area (TPSA) is 65.1 Å². The second kappa shape index (κ2) is 6.79. The Morgan fingerprint density at radius 3 is 1.95 bits per heavy atom. The summed E-state index contributed by atoms with van der Waals surface area (Å²) in [4.78, 5) is 25.0. The van der Waals surface area contributed by atoms with Crippen LogP contribution in [0.5, 0.6) is 11.5 Å². The van der Waals surface area contributed by atoms with E-state index in [2.05, 4.69) is 0 Å². The van der Waals surface area contributed by atoms with Crippen LogP contribution in [0.3, 0.4) is 0 Å². The van der Waals surface area contributed by atoms with Crippen molar-refractivity contribution in [2.45, 2.75) is 13.0 Å².